The van der Waals surface area contributed by atoms with Gasteiger partial charge in [0.15, 0.2) is 9.84 Å². The molecule has 1 N–H and O–H groups in total. The number of hydrogen-bond acceptors (Lipinski definition) is 7. The van der Waals surface area contributed by atoms with Crippen molar-refractivity contribution in [1.82, 2.24) is 15.2 Å². The number of benzene rings is 1. The van der Waals surface area contributed by atoms with Gasteiger partial charge in [0.2, 0.25) is 5.91 Å². The van der Waals surface area contributed by atoms with Gasteiger partial charge < -0.3 is 10.1 Å². The Bertz CT molecular complexity index is 992. The zero-order valence-electron chi connectivity index (χ0n) is 17.7. The number of halogens is 1. The molecule has 0 aliphatic carbocycles. The molecule has 2 saturated heterocycles. The van der Waals surface area contributed by atoms with E-state index in [2.05, 4.69) is 15.3 Å². The SMILES string of the molecule is O=C(NC[C@@H](c1ccc(F)cc1)N1CCOCC1)C1=NN([C@@H]2CCS(=O)(=O)C2)C(=O)CC1. The molecule has 3 aliphatic heterocycles. The fourth-order valence-electron chi connectivity index (χ4n) is 4.31. The summed E-state index contributed by atoms with van der Waals surface area (Å²) < 4.78 is 42.4. The van der Waals surface area contributed by atoms with E-state index in [4.69, 9.17) is 4.74 Å². The van der Waals surface area contributed by atoms with Crippen LogP contribution in [0.2, 0.25) is 0 Å². The van der Waals surface area contributed by atoms with Crippen molar-refractivity contribution in [3.8, 4) is 0 Å². The highest BCUT2D eigenvalue weighted by Gasteiger charge is 2.37. The Kier molecular flexibility index (Phi) is 6.87. The van der Waals surface area contributed by atoms with Crippen LogP contribution in [0.15, 0.2) is 29.4 Å². The van der Waals surface area contributed by atoms with Gasteiger partial charge in [-0.25, -0.2) is 17.8 Å². The second-order valence-electron chi connectivity index (χ2n) is 8.27. The second kappa shape index (κ2) is 9.63. The molecule has 0 spiro atoms. The zero-order valence-corrected chi connectivity index (χ0v) is 18.5. The number of morpholine rings is 1. The molecule has 3 heterocycles. The van der Waals surface area contributed by atoms with Crippen LogP contribution < -0.4 is 5.32 Å². The van der Waals surface area contributed by atoms with E-state index in [1.165, 1.54) is 17.1 Å². The normalized spacial score (nSPS) is 24.8. The summed E-state index contributed by atoms with van der Waals surface area (Å²) in [7, 11) is -3.18. The molecule has 2 fully saturated rings. The first kappa shape index (κ1) is 22.8. The molecule has 2 amide bonds. The van der Waals surface area contributed by atoms with E-state index in [1.54, 1.807) is 12.1 Å². The van der Waals surface area contributed by atoms with Crippen molar-refractivity contribution in [2.75, 3.05) is 44.4 Å². The summed E-state index contributed by atoms with van der Waals surface area (Å²) in [6.45, 7) is 2.84. The van der Waals surface area contributed by atoms with Crippen molar-refractivity contribution in [3.05, 3.63) is 35.6 Å². The van der Waals surface area contributed by atoms with Gasteiger partial charge in [0, 0.05) is 32.5 Å². The molecule has 0 saturated carbocycles. The minimum atomic E-state index is -3.18. The molecule has 32 heavy (non-hydrogen) atoms. The summed E-state index contributed by atoms with van der Waals surface area (Å²) in [5.74, 6) is -1.07. The van der Waals surface area contributed by atoms with Crippen LogP contribution >= 0.6 is 0 Å². The predicted molar refractivity (Wildman–Crippen MR) is 115 cm³/mol. The zero-order chi connectivity index (χ0) is 22.7. The quantitative estimate of drug-likeness (QED) is 0.653. The van der Waals surface area contributed by atoms with Gasteiger partial charge in [0.05, 0.1) is 36.8 Å². The average Bonchev–Trinajstić information content (AvgIpc) is 3.15. The Balaban J connectivity index is 1.45. The number of rotatable bonds is 6. The van der Waals surface area contributed by atoms with E-state index in [1.807, 2.05) is 0 Å². The van der Waals surface area contributed by atoms with Crippen LogP contribution in [0, 0.1) is 5.82 Å². The summed E-state index contributed by atoms with van der Waals surface area (Å²) in [4.78, 5) is 27.3. The van der Waals surface area contributed by atoms with E-state index < -0.39 is 15.9 Å². The highest BCUT2D eigenvalue weighted by molar-refractivity contribution is 7.91. The maximum atomic E-state index is 13.4. The molecular weight excluding hydrogens is 439 g/mol. The molecule has 0 bridgehead atoms. The van der Waals surface area contributed by atoms with Crippen molar-refractivity contribution >= 4 is 27.4 Å². The number of sulfone groups is 1. The first-order valence-electron chi connectivity index (χ1n) is 10.8. The molecule has 174 valence electrons. The number of hydrazone groups is 1. The molecule has 1 aromatic rings. The number of ether oxygens (including phenoxy) is 1. The minimum Gasteiger partial charge on any atom is -0.379 e. The molecule has 9 nitrogen and oxygen atoms in total. The van der Waals surface area contributed by atoms with Gasteiger partial charge >= 0.3 is 0 Å². The number of nitrogens with zero attached hydrogens (tertiary/aromatic N) is 3. The van der Waals surface area contributed by atoms with Gasteiger partial charge in [-0.05, 0) is 24.1 Å². The third-order valence-corrected chi connectivity index (χ3v) is 7.82. The standard InChI is InChI=1S/C21H27FN4O5S/c22-16-3-1-15(2-4-16)19(25-8-10-31-11-9-25)13-23-21(28)18-5-6-20(27)26(24-18)17-7-12-32(29,30)14-17/h1-4,17,19H,5-14H2,(H,23,28)/t17-,19+/m1/s1. The topological polar surface area (TPSA) is 108 Å². The lowest BCUT2D eigenvalue weighted by Crippen LogP contribution is -2.47. The first-order chi connectivity index (χ1) is 15.3. The lowest BCUT2D eigenvalue weighted by Gasteiger charge is -2.35. The van der Waals surface area contributed by atoms with Crippen molar-refractivity contribution in [1.29, 1.82) is 0 Å². The Morgan fingerprint density at radius 3 is 2.59 bits per heavy atom. The largest absolute Gasteiger partial charge is 0.379 e. The predicted octanol–water partition coefficient (Wildman–Crippen LogP) is 0.481. The minimum absolute atomic E-state index is 0.0252. The number of hydrogen-bond donors (Lipinski definition) is 1. The molecule has 0 radical (unpaired) electrons. The van der Waals surface area contributed by atoms with Crippen LogP contribution in [0.4, 0.5) is 4.39 Å². The fraction of sp³-hybridized carbons (Fsp3) is 0.571. The number of carbonyl (C=O) groups excluding carboxylic acids is 2. The summed E-state index contributed by atoms with van der Waals surface area (Å²) in [6.07, 6.45) is 0.656. The lowest BCUT2D eigenvalue weighted by molar-refractivity contribution is -0.133. The summed E-state index contributed by atoms with van der Waals surface area (Å²) in [6, 6.07) is 5.53. The molecule has 11 heteroatoms. The van der Waals surface area contributed by atoms with E-state index in [0.29, 0.717) is 32.7 Å². The smallest absolute Gasteiger partial charge is 0.267 e. The Hall–Kier alpha value is -2.37. The van der Waals surface area contributed by atoms with Gasteiger partial charge in [0.25, 0.3) is 5.91 Å². The van der Waals surface area contributed by atoms with Gasteiger partial charge in [-0.15, -0.1) is 0 Å². The van der Waals surface area contributed by atoms with Gasteiger partial charge in [-0.2, -0.15) is 5.10 Å². The summed E-state index contributed by atoms with van der Waals surface area (Å²) in [5.41, 5.74) is 1.10. The van der Waals surface area contributed by atoms with Crippen molar-refractivity contribution in [3.63, 3.8) is 0 Å². The lowest BCUT2D eigenvalue weighted by atomic mass is 10.0. The average molecular weight is 467 g/mol. The molecular formula is C21H27FN4O5S. The summed E-state index contributed by atoms with van der Waals surface area (Å²) >= 11 is 0. The number of nitrogens with one attached hydrogen (secondary N) is 1. The maximum absolute atomic E-state index is 13.4. The monoisotopic (exact) mass is 466 g/mol. The van der Waals surface area contributed by atoms with Gasteiger partial charge in [-0.1, -0.05) is 12.1 Å². The van der Waals surface area contributed by atoms with Crippen molar-refractivity contribution in [2.24, 2.45) is 5.10 Å². The number of carbonyl (C=O) groups is 2. The number of amides is 2. The Labute approximate surface area is 186 Å². The van der Waals surface area contributed by atoms with Crippen LogP contribution in [-0.2, 0) is 24.2 Å². The Morgan fingerprint density at radius 1 is 1.22 bits per heavy atom. The third kappa shape index (κ3) is 5.33. The molecule has 3 aliphatic rings. The van der Waals surface area contributed by atoms with E-state index in [-0.39, 0.29) is 60.3 Å². The highest BCUT2D eigenvalue weighted by atomic mass is 32.2. The van der Waals surface area contributed by atoms with Gasteiger partial charge in [-0.3, -0.25) is 14.5 Å². The highest BCUT2D eigenvalue weighted by Crippen LogP contribution is 2.24. The van der Waals surface area contributed by atoms with E-state index in [0.717, 1.165) is 5.56 Å². The van der Waals surface area contributed by atoms with Crippen molar-refractivity contribution in [2.45, 2.75) is 31.3 Å². The fourth-order valence-corrected chi connectivity index (χ4v) is 6.00. The maximum Gasteiger partial charge on any atom is 0.267 e. The molecule has 2 atom stereocenters. The molecule has 1 aromatic carbocycles. The third-order valence-electron chi connectivity index (χ3n) is 6.07. The first-order valence-corrected chi connectivity index (χ1v) is 12.6. The van der Waals surface area contributed by atoms with E-state index in [9.17, 15) is 22.4 Å². The van der Waals surface area contributed by atoms with Crippen LogP contribution in [0.1, 0.15) is 30.9 Å². The van der Waals surface area contributed by atoms with Crippen molar-refractivity contribution < 1.29 is 27.1 Å². The van der Waals surface area contributed by atoms with Crippen LogP contribution in [0.25, 0.3) is 0 Å². The van der Waals surface area contributed by atoms with Crippen LogP contribution in [-0.4, -0.2) is 86.2 Å². The summed E-state index contributed by atoms with van der Waals surface area (Å²) in [5, 5.41) is 8.31. The van der Waals surface area contributed by atoms with E-state index >= 15 is 0 Å². The van der Waals surface area contributed by atoms with Crippen LogP contribution in [0.5, 0.6) is 0 Å². The molecule has 0 aromatic heterocycles. The van der Waals surface area contributed by atoms with Crippen LogP contribution in [0.3, 0.4) is 0 Å². The Morgan fingerprint density at radius 2 is 1.94 bits per heavy atom. The second-order valence-corrected chi connectivity index (χ2v) is 10.5. The molecule has 4 rings (SSSR count). The molecule has 0 unspecified atom stereocenters. The van der Waals surface area contributed by atoms with Gasteiger partial charge in [0.1, 0.15) is 11.5 Å².